The summed E-state index contributed by atoms with van der Waals surface area (Å²) in [6.45, 7) is 6.54. The van der Waals surface area contributed by atoms with E-state index in [-0.39, 0.29) is 6.10 Å². The Balaban J connectivity index is 3.04. The van der Waals surface area contributed by atoms with Crippen molar-refractivity contribution in [1.29, 1.82) is 0 Å². The third-order valence-electron chi connectivity index (χ3n) is 3.04. The molecule has 0 saturated heterocycles. The average molecular weight is 219 g/mol. The summed E-state index contributed by atoms with van der Waals surface area (Å²) >= 11 is 0. The average Bonchev–Trinajstić information content (AvgIpc) is 2.30. The van der Waals surface area contributed by atoms with Gasteiger partial charge in [-0.2, -0.15) is 0 Å². The van der Waals surface area contributed by atoms with Crippen molar-refractivity contribution in [3.05, 3.63) is 35.4 Å². The molecule has 0 heterocycles. The van der Waals surface area contributed by atoms with E-state index in [9.17, 15) is 0 Å². The normalized spacial score (nSPS) is 13.1. The van der Waals surface area contributed by atoms with Gasteiger partial charge in [-0.05, 0) is 36.8 Å². The standard InChI is InChI=1S/C13H19OSi/c1-4-11(5-2)13-9-7-6-8-12(13)10(3)14-15/h6-11H,4-5H2,1-3H3. The molecule has 1 atom stereocenters. The van der Waals surface area contributed by atoms with Crippen LogP contribution in [0.3, 0.4) is 0 Å². The smallest absolute Gasteiger partial charge is 0.247 e. The summed E-state index contributed by atoms with van der Waals surface area (Å²) in [5.74, 6) is 0.644. The minimum atomic E-state index is 0.110. The largest absolute Gasteiger partial charge is 0.412 e. The predicted molar refractivity (Wildman–Crippen MR) is 65.0 cm³/mol. The molecule has 0 spiro atoms. The number of hydrogen-bond acceptors (Lipinski definition) is 1. The lowest BCUT2D eigenvalue weighted by atomic mass is 9.88. The van der Waals surface area contributed by atoms with Gasteiger partial charge in [0.05, 0.1) is 6.10 Å². The van der Waals surface area contributed by atoms with Crippen LogP contribution in [-0.2, 0) is 4.43 Å². The summed E-state index contributed by atoms with van der Waals surface area (Å²) in [6.07, 6.45) is 2.47. The topological polar surface area (TPSA) is 9.23 Å². The molecule has 3 radical (unpaired) electrons. The van der Waals surface area contributed by atoms with Gasteiger partial charge in [0.15, 0.2) is 0 Å². The monoisotopic (exact) mass is 219 g/mol. The summed E-state index contributed by atoms with van der Waals surface area (Å²) in [6, 6.07) is 8.55. The Hall–Kier alpha value is -0.603. The van der Waals surface area contributed by atoms with Crippen LogP contribution in [0, 0.1) is 0 Å². The summed E-state index contributed by atoms with van der Waals surface area (Å²) in [5, 5.41) is 0. The van der Waals surface area contributed by atoms with E-state index < -0.39 is 0 Å². The van der Waals surface area contributed by atoms with E-state index in [1.165, 1.54) is 24.0 Å². The molecular formula is C13H19OSi. The molecule has 1 nitrogen and oxygen atoms in total. The van der Waals surface area contributed by atoms with Crippen molar-refractivity contribution >= 4 is 10.5 Å². The maximum Gasteiger partial charge on any atom is 0.247 e. The van der Waals surface area contributed by atoms with Crippen LogP contribution in [0.1, 0.15) is 56.8 Å². The first-order valence-corrected chi connectivity index (χ1v) is 6.06. The first kappa shape index (κ1) is 12.5. The molecule has 1 aromatic carbocycles. The molecule has 15 heavy (non-hydrogen) atoms. The van der Waals surface area contributed by atoms with Crippen LogP contribution in [0.5, 0.6) is 0 Å². The van der Waals surface area contributed by atoms with E-state index in [1.807, 2.05) is 0 Å². The van der Waals surface area contributed by atoms with Crippen molar-refractivity contribution in [2.45, 2.75) is 45.6 Å². The molecule has 0 amide bonds. The molecule has 0 aliphatic carbocycles. The maximum absolute atomic E-state index is 5.22. The quantitative estimate of drug-likeness (QED) is 0.685. The van der Waals surface area contributed by atoms with Gasteiger partial charge in [-0.15, -0.1) is 0 Å². The lowest BCUT2D eigenvalue weighted by molar-refractivity contribution is 0.248. The van der Waals surface area contributed by atoms with Crippen LogP contribution >= 0.6 is 0 Å². The molecule has 0 N–H and O–H groups in total. The molecular weight excluding hydrogens is 200 g/mol. The Bertz CT molecular complexity index is 294. The zero-order valence-electron chi connectivity index (χ0n) is 9.79. The molecule has 0 fully saturated rings. The second-order valence-electron chi connectivity index (χ2n) is 3.90. The van der Waals surface area contributed by atoms with Crippen LogP contribution in [0.2, 0.25) is 0 Å². The fourth-order valence-electron chi connectivity index (χ4n) is 2.04. The summed E-state index contributed by atoms with van der Waals surface area (Å²) in [4.78, 5) is 0. The number of hydrogen-bond donors (Lipinski definition) is 0. The Morgan fingerprint density at radius 1 is 1.13 bits per heavy atom. The molecule has 0 bridgehead atoms. The zero-order valence-corrected chi connectivity index (χ0v) is 10.8. The summed E-state index contributed by atoms with van der Waals surface area (Å²) < 4.78 is 5.22. The predicted octanol–water partition coefficient (Wildman–Crippen LogP) is 3.75. The molecule has 0 saturated carbocycles. The number of rotatable bonds is 5. The molecule has 0 aromatic heterocycles. The second kappa shape index (κ2) is 6.08. The van der Waals surface area contributed by atoms with E-state index in [2.05, 4.69) is 55.5 Å². The van der Waals surface area contributed by atoms with Gasteiger partial charge >= 0.3 is 0 Å². The Labute approximate surface area is 96.4 Å². The van der Waals surface area contributed by atoms with Gasteiger partial charge in [0.2, 0.25) is 10.5 Å². The lowest BCUT2D eigenvalue weighted by Crippen LogP contribution is -2.05. The first-order valence-electron chi connectivity index (χ1n) is 5.65. The van der Waals surface area contributed by atoms with Crippen molar-refractivity contribution in [3.8, 4) is 0 Å². The maximum atomic E-state index is 5.22. The number of benzene rings is 1. The SMILES string of the molecule is CCC(CC)c1ccccc1C(C)O[Si]. The minimum absolute atomic E-state index is 0.110. The molecule has 1 aromatic rings. The van der Waals surface area contributed by atoms with Crippen LogP contribution in [-0.4, -0.2) is 10.5 Å². The highest BCUT2D eigenvalue weighted by atomic mass is 28.2. The highest BCUT2D eigenvalue weighted by molar-refractivity contribution is 5.98. The van der Waals surface area contributed by atoms with Gasteiger partial charge < -0.3 is 4.43 Å². The Kier molecular flexibility index (Phi) is 5.06. The molecule has 1 rings (SSSR count). The third-order valence-corrected chi connectivity index (χ3v) is 3.39. The van der Waals surface area contributed by atoms with Gasteiger partial charge in [0.1, 0.15) is 0 Å². The van der Waals surface area contributed by atoms with Crippen LogP contribution < -0.4 is 0 Å². The molecule has 2 heteroatoms. The van der Waals surface area contributed by atoms with Crippen molar-refractivity contribution in [1.82, 2.24) is 0 Å². The van der Waals surface area contributed by atoms with Crippen molar-refractivity contribution < 1.29 is 4.43 Å². The van der Waals surface area contributed by atoms with Crippen LogP contribution in [0.4, 0.5) is 0 Å². The molecule has 0 aliphatic rings. The third kappa shape index (κ3) is 2.92. The molecule has 0 aliphatic heterocycles. The second-order valence-corrected chi connectivity index (χ2v) is 4.14. The molecule has 81 valence electrons. The highest BCUT2D eigenvalue weighted by Gasteiger charge is 2.14. The van der Waals surface area contributed by atoms with Crippen LogP contribution in [0.25, 0.3) is 0 Å². The van der Waals surface area contributed by atoms with E-state index >= 15 is 0 Å². The fourth-order valence-corrected chi connectivity index (χ4v) is 2.17. The summed E-state index contributed by atoms with van der Waals surface area (Å²) in [7, 11) is 3.13. The Morgan fingerprint density at radius 2 is 1.67 bits per heavy atom. The van der Waals surface area contributed by atoms with Crippen molar-refractivity contribution in [3.63, 3.8) is 0 Å². The van der Waals surface area contributed by atoms with E-state index in [0.717, 1.165) is 0 Å². The first-order chi connectivity index (χ1) is 7.24. The fraction of sp³-hybridized carbons (Fsp3) is 0.538. The van der Waals surface area contributed by atoms with Crippen LogP contribution in [0.15, 0.2) is 24.3 Å². The van der Waals surface area contributed by atoms with Gasteiger partial charge in [0, 0.05) is 0 Å². The molecule has 1 unspecified atom stereocenters. The minimum Gasteiger partial charge on any atom is -0.412 e. The van der Waals surface area contributed by atoms with Gasteiger partial charge in [-0.1, -0.05) is 38.1 Å². The van der Waals surface area contributed by atoms with Crippen molar-refractivity contribution in [2.24, 2.45) is 0 Å². The van der Waals surface area contributed by atoms with Gasteiger partial charge in [-0.25, -0.2) is 0 Å². The summed E-state index contributed by atoms with van der Waals surface area (Å²) in [5.41, 5.74) is 2.72. The van der Waals surface area contributed by atoms with E-state index in [1.54, 1.807) is 0 Å². The Morgan fingerprint density at radius 3 is 2.13 bits per heavy atom. The van der Waals surface area contributed by atoms with Gasteiger partial charge in [0.25, 0.3) is 0 Å². The van der Waals surface area contributed by atoms with E-state index in [0.29, 0.717) is 5.92 Å². The lowest BCUT2D eigenvalue weighted by Gasteiger charge is -2.20. The van der Waals surface area contributed by atoms with E-state index in [4.69, 9.17) is 4.43 Å². The van der Waals surface area contributed by atoms with Gasteiger partial charge in [-0.3, -0.25) is 0 Å². The highest BCUT2D eigenvalue weighted by Crippen LogP contribution is 2.30. The van der Waals surface area contributed by atoms with Crippen molar-refractivity contribution in [2.75, 3.05) is 0 Å². The zero-order chi connectivity index (χ0) is 11.3.